The third kappa shape index (κ3) is 5.89. The topological polar surface area (TPSA) is 123 Å². The van der Waals surface area contributed by atoms with Crippen LogP contribution in [0.5, 0.6) is 0 Å². The van der Waals surface area contributed by atoms with Crippen molar-refractivity contribution in [1.29, 1.82) is 0 Å². The van der Waals surface area contributed by atoms with Gasteiger partial charge in [-0.3, -0.25) is 9.79 Å². The molecule has 0 aliphatic rings. The number of amidine groups is 1. The van der Waals surface area contributed by atoms with Crippen molar-refractivity contribution in [2.45, 2.75) is 38.6 Å². The summed E-state index contributed by atoms with van der Waals surface area (Å²) in [5.41, 5.74) is 8.50. The van der Waals surface area contributed by atoms with E-state index in [4.69, 9.17) is 10.7 Å². The van der Waals surface area contributed by atoms with E-state index in [-0.39, 0.29) is 18.0 Å². The molecule has 0 unspecified atom stereocenters. The molecule has 34 heavy (non-hydrogen) atoms. The Morgan fingerprint density at radius 1 is 1.09 bits per heavy atom. The molecule has 0 aliphatic heterocycles. The van der Waals surface area contributed by atoms with Gasteiger partial charge in [-0.25, -0.2) is 9.78 Å². The van der Waals surface area contributed by atoms with Gasteiger partial charge in [0, 0.05) is 19.3 Å². The fourth-order valence-electron chi connectivity index (χ4n) is 3.89. The van der Waals surface area contributed by atoms with E-state index in [2.05, 4.69) is 10.3 Å². The molecule has 3 aromatic rings. The number of carbonyl (C=O) groups excluding carboxylic acids is 1. The number of benzene rings is 2. The van der Waals surface area contributed by atoms with Crippen molar-refractivity contribution in [3.8, 4) is 0 Å². The van der Waals surface area contributed by atoms with E-state index < -0.39 is 17.9 Å². The molecule has 0 radical (unpaired) electrons. The first kappa shape index (κ1) is 24.7. The molecule has 1 heterocycles. The Morgan fingerprint density at radius 3 is 2.15 bits per heavy atom. The average Bonchev–Trinajstić information content (AvgIpc) is 3.11. The first-order valence-electron chi connectivity index (χ1n) is 11.2. The monoisotopic (exact) mass is 461 g/mol. The van der Waals surface area contributed by atoms with Crippen molar-refractivity contribution in [2.24, 2.45) is 17.8 Å². The highest BCUT2D eigenvalue weighted by Crippen LogP contribution is 2.32. The second-order valence-electron chi connectivity index (χ2n) is 8.25. The smallest absolute Gasteiger partial charge is 0.326 e. The van der Waals surface area contributed by atoms with Gasteiger partial charge in [-0.2, -0.15) is 0 Å². The third-order valence-corrected chi connectivity index (χ3v) is 5.77. The largest absolute Gasteiger partial charge is 0.480 e. The maximum Gasteiger partial charge on any atom is 0.326 e. The Bertz CT molecular complexity index is 1110. The first-order valence-corrected chi connectivity index (χ1v) is 11.2. The Morgan fingerprint density at radius 2 is 1.65 bits per heavy atom. The van der Waals surface area contributed by atoms with Gasteiger partial charge in [0.2, 0.25) is 0 Å². The molecule has 0 saturated carbocycles. The number of carboxylic acid groups (broad SMARTS) is 1. The third-order valence-electron chi connectivity index (χ3n) is 5.77. The summed E-state index contributed by atoms with van der Waals surface area (Å²) in [6, 6.07) is 18.9. The number of hydrogen-bond acceptors (Lipinski definition) is 4. The summed E-state index contributed by atoms with van der Waals surface area (Å²) in [7, 11) is 1.87. The van der Waals surface area contributed by atoms with Crippen molar-refractivity contribution in [1.82, 2.24) is 14.9 Å². The molecular weight excluding hydrogens is 430 g/mol. The minimum atomic E-state index is -1.10. The lowest BCUT2D eigenvalue weighted by Crippen LogP contribution is -2.41. The van der Waals surface area contributed by atoms with Gasteiger partial charge in [0.15, 0.2) is 0 Å². The highest BCUT2D eigenvalue weighted by molar-refractivity contribution is 5.96. The Hall–Kier alpha value is -3.94. The summed E-state index contributed by atoms with van der Waals surface area (Å²) in [6.45, 7) is 3.90. The van der Waals surface area contributed by atoms with Gasteiger partial charge >= 0.3 is 5.97 Å². The Balaban J connectivity index is 1.90. The van der Waals surface area contributed by atoms with E-state index in [1.807, 2.05) is 79.2 Å². The Kier molecular flexibility index (Phi) is 8.19. The number of hydrogen-bond donors (Lipinski definition) is 3. The van der Waals surface area contributed by atoms with E-state index in [0.29, 0.717) is 30.3 Å². The molecule has 0 spiro atoms. The molecule has 0 fully saturated rings. The summed E-state index contributed by atoms with van der Waals surface area (Å²) < 4.78 is 1.90. The number of nitrogens with zero attached hydrogens (tertiary/aromatic N) is 3. The molecule has 178 valence electrons. The first-order chi connectivity index (χ1) is 16.3. The van der Waals surface area contributed by atoms with Crippen molar-refractivity contribution in [3.63, 3.8) is 0 Å². The SMILES string of the molecule is CC(N)=NCCC[C@H](NC(=O)c1nc(C(c2ccccc2)c2ccccc2)n(C)c1C)C(=O)O. The number of aromatic nitrogens is 2. The number of imidazole rings is 1. The van der Waals surface area contributed by atoms with Crippen LogP contribution in [0, 0.1) is 6.92 Å². The van der Waals surface area contributed by atoms with E-state index in [1.165, 1.54) is 0 Å². The predicted octanol–water partition coefficient (Wildman–Crippen LogP) is 3.25. The molecule has 2 aromatic carbocycles. The van der Waals surface area contributed by atoms with Crippen LogP contribution < -0.4 is 11.1 Å². The van der Waals surface area contributed by atoms with Crippen LogP contribution in [0.15, 0.2) is 65.7 Å². The highest BCUT2D eigenvalue weighted by atomic mass is 16.4. The molecule has 3 rings (SSSR count). The molecule has 0 aliphatic carbocycles. The lowest BCUT2D eigenvalue weighted by Gasteiger charge is -2.18. The number of aliphatic imine (C=N–C) groups is 1. The summed E-state index contributed by atoms with van der Waals surface area (Å²) in [5, 5.41) is 12.2. The number of amides is 1. The van der Waals surface area contributed by atoms with E-state index in [9.17, 15) is 14.7 Å². The summed E-state index contributed by atoms with van der Waals surface area (Å²) in [5.74, 6) is -0.633. The summed E-state index contributed by atoms with van der Waals surface area (Å²) in [6.07, 6.45) is 0.732. The molecule has 1 amide bonds. The van der Waals surface area contributed by atoms with Gasteiger partial charge in [-0.15, -0.1) is 0 Å². The molecule has 1 atom stereocenters. The van der Waals surface area contributed by atoms with Gasteiger partial charge in [-0.05, 0) is 37.8 Å². The molecule has 8 heteroatoms. The van der Waals surface area contributed by atoms with Crippen LogP contribution in [0.4, 0.5) is 0 Å². The van der Waals surface area contributed by atoms with Crippen LogP contribution in [0.3, 0.4) is 0 Å². The van der Waals surface area contributed by atoms with Gasteiger partial charge in [0.25, 0.3) is 5.91 Å². The average molecular weight is 462 g/mol. The van der Waals surface area contributed by atoms with Crippen molar-refractivity contribution in [2.75, 3.05) is 6.54 Å². The summed E-state index contributed by atoms with van der Waals surface area (Å²) in [4.78, 5) is 33.6. The number of carboxylic acids is 1. The molecular formula is C26H31N5O3. The zero-order valence-electron chi connectivity index (χ0n) is 19.7. The second kappa shape index (κ2) is 11.3. The van der Waals surface area contributed by atoms with Crippen LogP contribution in [-0.4, -0.2) is 45.0 Å². The van der Waals surface area contributed by atoms with Gasteiger partial charge in [0.1, 0.15) is 17.6 Å². The van der Waals surface area contributed by atoms with Crippen LogP contribution in [-0.2, 0) is 11.8 Å². The van der Waals surface area contributed by atoms with Crippen LogP contribution in [0.25, 0.3) is 0 Å². The fraction of sp³-hybridized carbons (Fsp3) is 0.308. The predicted molar refractivity (Wildman–Crippen MR) is 132 cm³/mol. The Labute approximate surface area is 199 Å². The van der Waals surface area contributed by atoms with Crippen molar-refractivity contribution in [3.05, 3.63) is 89.0 Å². The number of rotatable bonds is 10. The maximum atomic E-state index is 13.1. The number of nitrogens with one attached hydrogen (secondary N) is 1. The minimum Gasteiger partial charge on any atom is -0.480 e. The van der Waals surface area contributed by atoms with Crippen LogP contribution >= 0.6 is 0 Å². The zero-order valence-corrected chi connectivity index (χ0v) is 19.7. The maximum absolute atomic E-state index is 13.1. The number of carbonyl (C=O) groups is 2. The molecule has 4 N–H and O–H groups in total. The lowest BCUT2D eigenvalue weighted by molar-refractivity contribution is -0.139. The minimum absolute atomic E-state index is 0.180. The van der Waals surface area contributed by atoms with Gasteiger partial charge in [-0.1, -0.05) is 60.7 Å². The normalized spacial score (nSPS) is 12.5. The van der Waals surface area contributed by atoms with Crippen molar-refractivity contribution < 1.29 is 14.7 Å². The van der Waals surface area contributed by atoms with E-state index in [0.717, 1.165) is 11.1 Å². The van der Waals surface area contributed by atoms with Crippen LogP contribution in [0.2, 0.25) is 0 Å². The standard InChI is InChI=1S/C26H31N5O3/c1-17-23(25(32)29-21(26(33)34)15-10-16-28-18(2)27)30-24(31(17)3)22(19-11-6-4-7-12-19)20-13-8-5-9-14-20/h4-9,11-14,21-22H,10,15-16H2,1-3H3,(H2,27,28)(H,29,32)(H,33,34)/t21-/m0/s1. The lowest BCUT2D eigenvalue weighted by atomic mass is 9.90. The molecule has 1 aromatic heterocycles. The number of nitrogens with two attached hydrogens (primary N) is 1. The number of aliphatic carboxylic acids is 1. The highest BCUT2D eigenvalue weighted by Gasteiger charge is 2.28. The second-order valence-corrected chi connectivity index (χ2v) is 8.25. The zero-order chi connectivity index (χ0) is 24.7. The van der Waals surface area contributed by atoms with E-state index >= 15 is 0 Å². The quantitative estimate of drug-likeness (QED) is 0.243. The van der Waals surface area contributed by atoms with Gasteiger partial charge < -0.3 is 20.7 Å². The van der Waals surface area contributed by atoms with Crippen LogP contribution in [0.1, 0.15) is 58.8 Å². The summed E-state index contributed by atoms with van der Waals surface area (Å²) >= 11 is 0. The molecule has 0 bridgehead atoms. The van der Waals surface area contributed by atoms with E-state index in [1.54, 1.807) is 6.92 Å². The van der Waals surface area contributed by atoms with Crippen molar-refractivity contribution >= 4 is 17.7 Å². The molecule has 8 nitrogen and oxygen atoms in total. The molecule has 0 saturated heterocycles. The van der Waals surface area contributed by atoms with Gasteiger partial charge in [0.05, 0.1) is 11.8 Å². The fourth-order valence-corrected chi connectivity index (χ4v) is 3.89.